The van der Waals surface area contributed by atoms with Gasteiger partial charge in [-0.25, -0.2) is 9.97 Å². The lowest BCUT2D eigenvalue weighted by Gasteiger charge is -2.02. The predicted octanol–water partition coefficient (Wildman–Crippen LogP) is 1.85. The molecule has 2 rings (SSSR count). The van der Waals surface area contributed by atoms with Gasteiger partial charge in [-0.2, -0.15) is 0 Å². The fraction of sp³-hybridized carbons (Fsp3) is 0.455. The van der Waals surface area contributed by atoms with Crippen molar-refractivity contribution in [2.45, 2.75) is 20.3 Å². The predicted molar refractivity (Wildman–Crippen MR) is 59.2 cm³/mol. The molecule has 0 aliphatic heterocycles. The van der Waals surface area contributed by atoms with E-state index in [-0.39, 0.29) is 0 Å². The van der Waals surface area contributed by atoms with Crippen LogP contribution in [0.1, 0.15) is 18.4 Å². The largest absolute Gasteiger partial charge is 0.494 e. The maximum Gasteiger partial charge on any atom is 0.163 e. The third-order valence-electron chi connectivity index (χ3n) is 2.55. The van der Waals surface area contributed by atoms with E-state index >= 15 is 0 Å². The number of rotatable bonds is 2. The summed E-state index contributed by atoms with van der Waals surface area (Å²) >= 11 is 0. The van der Waals surface area contributed by atoms with E-state index in [0.717, 1.165) is 34.9 Å². The van der Waals surface area contributed by atoms with Crippen LogP contribution >= 0.6 is 0 Å². The molecule has 4 heteroatoms. The first-order valence-corrected chi connectivity index (χ1v) is 5.04. The molecule has 2 heterocycles. The van der Waals surface area contributed by atoms with Crippen molar-refractivity contribution in [3.8, 4) is 5.75 Å². The number of hydrogen-bond donors (Lipinski definition) is 0. The molecule has 2 aromatic heterocycles. The maximum atomic E-state index is 5.31. The van der Waals surface area contributed by atoms with Gasteiger partial charge in [0.2, 0.25) is 0 Å². The Bertz CT molecular complexity index is 502. The summed E-state index contributed by atoms with van der Waals surface area (Å²) < 4.78 is 7.32. The molecule has 15 heavy (non-hydrogen) atoms. The van der Waals surface area contributed by atoms with Crippen molar-refractivity contribution < 1.29 is 4.74 Å². The van der Waals surface area contributed by atoms with Crippen LogP contribution in [0.5, 0.6) is 5.75 Å². The van der Waals surface area contributed by atoms with Gasteiger partial charge in [0.05, 0.1) is 7.11 Å². The van der Waals surface area contributed by atoms with Gasteiger partial charge in [-0.05, 0) is 6.92 Å². The van der Waals surface area contributed by atoms with Crippen LogP contribution in [0.2, 0.25) is 0 Å². The number of imidazole rings is 1. The zero-order valence-electron chi connectivity index (χ0n) is 9.53. The van der Waals surface area contributed by atoms with E-state index in [2.05, 4.69) is 16.9 Å². The fourth-order valence-electron chi connectivity index (χ4n) is 1.76. The third-order valence-corrected chi connectivity index (χ3v) is 2.55. The number of aromatic nitrogens is 3. The summed E-state index contributed by atoms with van der Waals surface area (Å²) in [7, 11) is 3.65. The van der Waals surface area contributed by atoms with Crippen LogP contribution in [0.15, 0.2) is 6.07 Å². The summed E-state index contributed by atoms with van der Waals surface area (Å²) in [5.74, 6) is 1.83. The lowest BCUT2D eigenvalue weighted by atomic mass is 10.3. The van der Waals surface area contributed by atoms with E-state index in [9.17, 15) is 0 Å². The quantitative estimate of drug-likeness (QED) is 0.751. The Morgan fingerprint density at radius 2 is 2.13 bits per heavy atom. The van der Waals surface area contributed by atoms with Gasteiger partial charge in [-0.15, -0.1) is 0 Å². The number of methoxy groups -OCH3 is 1. The van der Waals surface area contributed by atoms with E-state index in [1.54, 1.807) is 7.11 Å². The molecule has 80 valence electrons. The second-order valence-corrected chi connectivity index (χ2v) is 3.58. The Labute approximate surface area is 88.9 Å². The number of pyridine rings is 1. The molecule has 0 aliphatic carbocycles. The van der Waals surface area contributed by atoms with Crippen LogP contribution in [0, 0.1) is 6.92 Å². The van der Waals surface area contributed by atoms with Crippen LogP contribution in [-0.4, -0.2) is 21.6 Å². The Hall–Kier alpha value is -1.58. The Morgan fingerprint density at radius 3 is 2.73 bits per heavy atom. The van der Waals surface area contributed by atoms with Gasteiger partial charge in [0.15, 0.2) is 5.65 Å². The molecule has 0 N–H and O–H groups in total. The maximum absolute atomic E-state index is 5.31. The smallest absolute Gasteiger partial charge is 0.163 e. The lowest BCUT2D eigenvalue weighted by Crippen LogP contribution is -1.97. The molecule has 0 saturated carbocycles. The highest BCUT2D eigenvalue weighted by atomic mass is 16.5. The SMILES string of the molecule is CCc1nc2c(OC)cc(C)nc2n1C. The standard InChI is InChI=1S/C11H15N3O/c1-5-9-13-10-8(15-4)6-7(2)12-11(10)14(9)3/h6H,5H2,1-4H3. The van der Waals surface area contributed by atoms with Gasteiger partial charge in [0.25, 0.3) is 0 Å². The fourth-order valence-corrected chi connectivity index (χ4v) is 1.76. The summed E-state index contributed by atoms with van der Waals surface area (Å²) in [6.07, 6.45) is 0.898. The van der Waals surface area contributed by atoms with E-state index in [4.69, 9.17) is 4.74 Å². The minimum Gasteiger partial charge on any atom is -0.494 e. The number of nitrogens with zero attached hydrogens (tertiary/aromatic N) is 3. The number of hydrogen-bond acceptors (Lipinski definition) is 3. The van der Waals surface area contributed by atoms with E-state index in [1.807, 2.05) is 24.6 Å². The summed E-state index contributed by atoms with van der Waals surface area (Å²) in [6.45, 7) is 4.04. The van der Waals surface area contributed by atoms with Crippen molar-refractivity contribution in [3.05, 3.63) is 17.6 Å². The lowest BCUT2D eigenvalue weighted by molar-refractivity contribution is 0.418. The first-order valence-electron chi connectivity index (χ1n) is 5.04. The molecule has 0 radical (unpaired) electrons. The second kappa shape index (κ2) is 3.53. The van der Waals surface area contributed by atoms with Crippen LogP contribution in [0.3, 0.4) is 0 Å². The zero-order valence-corrected chi connectivity index (χ0v) is 9.53. The second-order valence-electron chi connectivity index (χ2n) is 3.58. The van der Waals surface area contributed by atoms with Crippen molar-refractivity contribution >= 4 is 11.2 Å². The molecule has 0 spiro atoms. The normalized spacial score (nSPS) is 10.9. The van der Waals surface area contributed by atoms with E-state index < -0.39 is 0 Å². The molecule has 0 aromatic carbocycles. The molecule has 0 fully saturated rings. The number of fused-ring (bicyclic) bond motifs is 1. The van der Waals surface area contributed by atoms with Crippen molar-refractivity contribution in [2.75, 3.05) is 7.11 Å². The Balaban J connectivity index is 2.81. The molecule has 0 amide bonds. The van der Waals surface area contributed by atoms with Crippen LogP contribution in [-0.2, 0) is 13.5 Å². The van der Waals surface area contributed by atoms with Crippen molar-refractivity contribution in [3.63, 3.8) is 0 Å². The van der Waals surface area contributed by atoms with Gasteiger partial charge >= 0.3 is 0 Å². The van der Waals surface area contributed by atoms with Gasteiger partial charge in [-0.3, -0.25) is 0 Å². The van der Waals surface area contributed by atoms with Crippen LogP contribution in [0.4, 0.5) is 0 Å². The third kappa shape index (κ3) is 1.46. The molecule has 0 aliphatic rings. The molecule has 0 atom stereocenters. The summed E-state index contributed by atoms with van der Waals surface area (Å²) in [5, 5.41) is 0. The minimum absolute atomic E-state index is 0.799. The molecule has 0 saturated heterocycles. The number of aryl methyl sites for hydroxylation is 3. The zero-order chi connectivity index (χ0) is 11.0. The molecular formula is C11H15N3O. The van der Waals surface area contributed by atoms with Crippen molar-refractivity contribution in [1.82, 2.24) is 14.5 Å². The first kappa shape index (κ1) is 9.96. The van der Waals surface area contributed by atoms with Gasteiger partial charge in [0.1, 0.15) is 17.1 Å². The van der Waals surface area contributed by atoms with Crippen LogP contribution in [0.25, 0.3) is 11.2 Å². The first-order chi connectivity index (χ1) is 7.17. The van der Waals surface area contributed by atoms with E-state index in [1.165, 1.54) is 0 Å². The topological polar surface area (TPSA) is 39.9 Å². The van der Waals surface area contributed by atoms with Gasteiger partial charge in [-0.1, -0.05) is 6.92 Å². The summed E-state index contributed by atoms with van der Waals surface area (Å²) in [6, 6.07) is 1.91. The molecular weight excluding hydrogens is 190 g/mol. The Morgan fingerprint density at radius 1 is 1.40 bits per heavy atom. The number of ether oxygens (including phenoxy) is 1. The van der Waals surface area contributed by atoms with E-state index in [0.29, 0.717) is 0 Å². The molecule has 0 bridgehead atoms. The average Bonchev–Trinajstić information content (AvgIpc) is 2.55. The van der Waals surface area contributed by atoms with Crippen molar-refractivity contribution in [1.29, 1.82) is 0 Å². The van der Waals surface area contributed by atoms with Crippen LogP contribution < -0.4 is 4.74 Å². The highest BCUT2D eigenvalue weighted by Crippen LogP contribution is 2.24. The molecule has 2 aromatic rings. The highest BCUT2D eigenvalue weighted by molar-refractivity contribution is 5.79. The van der Waals surface area contributed by atoms with Gasteiger partial charge < -0.3 is 9.30 Å². The Kier molecular flexibility index (Phi) is 2.34. The van der Waals surface area contributed by atoms with Gasteiger partial charge in [0, 0.05) is 25.2 Å². The molecule has 4 nitrogen and oxygen atoms in total. The monoisotopic (exact) mass is 205 g/mol. The summed E-state index contributed by atoms with van der Waals surface area (Å²) in [5.41, 5.74) is 2.69. The molecule has 0 unspecified atom stereocenters. The summed E-state index contributed by atoms with van der Waals surface area (Å²) in [4.78, 5) is 8.99. The average molecular weight is 205 g/mol. The highest BCUT2D eigenvalue weighted by Gasteiger charge is 2.12. The van der Waals surface area contributed by atoms with Crippen molar-refractivity contribution in [2.24, 2.45) is 7.05 Å². The minimum atomic E-state index is 0.799.